The highest BCUT2D eigenvalue weighted by Crippen LogP contribution is 2.24. The SMILES string of the molecule is CC#CCC(O)c1ccccc1Cl. The largest absolute Gasteiger partial charge is 0.387 e. The van der Waals surface area contributed by atoms with Crippen molar-refractivity contribution in [1.29, 1.82) is 0 Å². The van der Waals surface area contributed by atoms with E-state index in [0.29, 0.717) is 11.4 Å². The number of benzene rings is 1. The van der Waals surface area contributed by atoms with Crippen LogP contribution in [0.4, 0.5) is 0 Å². The number of rotatable bonds is 2. The Morgan fingerprint density at radius 3 is 2.77 bits per heavy atom. The van der Waals surface area contributed by atoms with Crippen LogP contribution < -0.4 is 0 Å². The summed E-state index contributed by atoms with van der Waals surface area (Å²) in [6, 6.07) is 7.26. The van der Waals surface area contributed by atoms with Gasteiger partial charge in [0.2, 0.25) is 0 Å². The fourth-order valence-electron chi connectivity index (χ4n) is 1.05. The molecule has 1 unspecified atom stereocenters. The Bertz CT molecular complexity index is 335. The molecule has 0 aliphatic carbocycles. The third-order valence-electron chi connectivity index (χ3n) is 1.74. The van der Waals surface area contributed by atoms with Crippen molar-refractivity contribution in [2.75, 3.05) is 0 Å². The van der Waals surface area contributed by atoms with Crippen LogP contribution >= 0.6 is 11.6 Å². The van der Waals surface area contributed by atoms with Gasteiger partial charge in [0, 0.05) is 17.0 Å². The maximum Gasteiger partial charge on any atom is 0.0913 e. The number of halogens is 1. The maximum absolute atomic E-state index is 9.65. The molecular weight excluding hydrogens is 184 g/mol. The summed E-state index contributed by atoms with van der Waals surface area (Å²) in [5.74, 6) is 5.55. The van der Waals surface area contributed by atoms with Crippen LogP contribution in [0.2, 0.25) is 5.02 Å². The third kappa shape index (κ3) is 2.77. The molecule has 0 fully saturated rings. The molecule has 1 aromatic rings. The molecule has 1 atom stereocenters. The van der Waals surface area contributed by atoms with Crippen LogP contribution in [0.1, 0.15) is 25.0 Å². The fraction of sp³-hybridized carbons (Fsp3) is 0.273. The van der Waals surface area contributed by atoms with E-state index in [0.717, 1.165) is 5.56 Å². The van der Waals surface area contributed by atoms with Crippen LogP contribution in [0, 0.1) is 11.8 Å². The quantitative estimate of drug-likeness (QED) is 0.718. The lowest BCUT2D eigenvalue weighted by Crippen LogP contribution is -1.96. The van der Waals surface area contributed by atoms with Crippen molar-refractivity contribution < 1.29 is 5.11 Å². The Morgan fingerprint density at radius 2 is 2.15 bits per heavy atom. The molecule has 0 amide bonds. The van der Waals surface area contributed by atoms with Gasteiger partial charge < -0.3 is 5.11 Å². The predicted octanol–water partition coefficient (Wildman–Crippen LogP) is 2.79. The van der Waals surface area contributed by atoms with Crippen LogP contribution in [-0.2, 0) is 0 Å². The van der Waals surface area contributed by atoms with Crippen LogP contribution in [0.5, 0.6) is 0 Å². The van der Waals surface area contributed by atoms with Gasteiger partial charge in [-0.05, 0) is 13.0 Å². The summed E-state index contributed by atoms with van der Waals surface area (Å²) >= 11 is 5.89. The van der Waals surface area contributed by atoms with E-state index in [1.165, 1.54) is 0 Å². The summed E-state index contributed by atoms with van der Waals surface area (Å²) in [5, 5.41) is 10.2. The standard InChI is InChI=1S/C11H11ClO/c1-2-3-8-11(13)9-6-4-5-7-10(9)12/h4-7,11,13H,8H2,1H3. The van der Waals surface area contributed by atoms with Gasteiger partial charge in [-0.1, -0.05) is 29.8 Å². The fourth-order valence-corrected chi connectivity index (χ4v) is 1.32. The zero-order valence-electron chi connectivity index (χ0n) is 7.42. The second kappa shape index (κ2) is 4.91. The number of hydrogen-bond acceptors (Lipinski definition) is 1. The Morgan fingerprint density at radius 1 is 1.46 bits per heavy atom. The van der Waals surface area contributed by atoms with E-state index in [1.807, 2.05) is 18.2 Å². The minimum absolute atomic E-state index is 0.431. The second-order valence-corrected chi connectivity index (χ2v) is 3.08. The molecule has 0 aliphatic rings. The first-order valence-corrected chi connectivity index (χ1v) is 4.45. The Labute approximate surface area is 83.4 Å². The molecule has 2 heteroatoms. The van der Waals surface area contributed by atoms with Crippen LogP contribution in [-0.4, -0.2) is 5.11 Å². The summed E-state index contributed by atoms with van der Waals surface area (Å²) in [7, 11) is 0. The highest BCUT2D eigenvalue weighted by molar-refractivity contribution is 6.31. The highest BCUT2D eigenvalue weighted by atomic mass is 35.5. The molecule has 1 nitrogen and oxygen atoms in total. The van der Waals surface area contributed by atoms with Crippen LogP contribution in [0.25, 0.3) is 0 Å². The lowest BCUT2D eigenvalue weighted by atomic mass is 10.1. The molecule has 0 aliphatic heterocycles. The van der Waals surface area contributed by atoms with Crippen molar-refractivity contribution in [3.63, 3.8) is 0 Å². The molecule has 1 aromatic carbocycles. The predicted molar refractivity (Wildman–Crippen MR) is 54.5 cm³/mol. The lowest BCUT2D eigenvalue weighted by Gasteiger charge is -2.08. The van der Waals surface area contributed by atoms with E-state index in [1.54, 1.807) is 13.0 Å². The van der Waals surface area contributed by atoms with Gasteiger partial charge in [0.1, 0.15) is 0 Å². The highest BCUT2D eigenvalue weighted by Gasteiger charge is 2.08. The third-order valence-corrected chi connectivity index (χ3v) is 2.08. The average molecular weight is 195 g/mol. The lowest BCUT2D eigenvalue weighted by molar-refractivity contribution is 0.184. The monoisotopic (exact) mass is 194 g/mol. The van der Waals surface area contributed by atoms with Crippen molar-refractivity contribution in [1.82, 2.24) is 0 Å². The normalized spacial score (nSPS) is 11.6. The summed E-state index contributed by atoms with van der Waals surface area (Å²) in [6.07, 6.45) is -0.151. The summed E-state index contributed by atoms with van der Waals surface area (Å²) in [5.41, 5.74) is 0.743. The maximum atomic E-state index is 9.65. The molecular formula is C11H11ClO. The zero-order valence-corrected chi connectivity index (χ0v) is 8.17. The van der Waals surface area contributed by atoms with Crippen LogP contribution in [0.15, 0.2) is 24.3 Å². The topological polar surface area (TPSA) is 20.2 Å². The van der Waals surface area contributed by atoms with Gasteiger partial charge in [-0.15, -0.1) is 11.8 Å². The molecule has 0 aromatic heterocycles. The molecule has 68 valence electrons. The van der Waals surface area contributed by atoms with Gasteiger partial charge >= 0.3 is 0 Å². The van der Waals surface area contributed by atoms with Crippen molar-refractivity contribution in [3.05, 3.63) is 34.9 Å². The zero-order chi connectivity index (χ0) is 9.68. The van der Waals surface area contributed by atoms with Gasteiger partial charge in [0.15, 0.2) is 0 Å². The van der Waals surface area contributed by atoms with Crippen molar-refractivity contribution in [2.24, 2.45) is 0 Å². The van der Waals surface area contributed by atoms with E-state index in [4.69, 9.17) is 11.6 Å². The molecule has 0 radical (unpaired) electrons. The Kier molecular flexibility index (Phi) is 3.82. The molecule has 0 bridgehead atoms. The molecule has 1 rings (SSSR count). The molecule has 0 spiro atoms. The van der Waals surface area contributed by atoms with Gasteiger partial charge in [0.25, 0.3) is 0 Å². The Balaban J connectivity index is 2.80. The summed E-state index contributed by atoms with van der Waals surface area (Å²) < 4.78 is 0. The molecule has 13 heavy (non-hydrogen) atoms. The van der Waals surface area contributed by atoms with Crippen molar-refractivity contribution >= 4 is 11.6 Å². The molecule has 0 saturated heterocycles. The smallest absolute Gasteiger partial charge is 0.0913 e. The molecule has 0 heterocycles. The van der Waals surface area contributed by atoms with Crippen molar-refractivity contribution in [3.8, 4) is 11.8 Å². The van der Waals surface area contributed by atoms with E-state index >= 15 is 0 Å². The molecule has 1 N–H and O–H groups in total. The van der Waals surface area contributed by atoms with E-state index in [9.17, 15) is 5.11 Å². The number of aliphatic hydroxyl groups excluding tert-OH is 1. The second-order valence-electron chi connectivity index (χ2n) is 2.67. The Hall–Kier alpha value is -0.970. The van der Waals surface area contributed by atoms with Gasteiger partial charge in [0.05, 0.1) is 6.10 Å². The summed E-state index contributed by atoms with van der Waals surface area (Å²) in [6.45, 7) is 1.75. The van der Waals surface area contributed by atoms with Crippen LogP contribution in [0.3, 0.4) is 0 Å². The van der Waals surface area contributed by atoms with E-state index in [2.05, 4.69) is 11.8 Å². The first-order valence-electron chi connectivity index (χ1n) is 4.08. The minimum atomic E-state index is -0.582. The number of hydrogen-bond donors (Lipinski definition) is 1. The first kappa shape index (κ1) is 10.1. The van der Waals surface area contributed by atoms with E-state index < -0.39 is 6.10 Å². The minimum Gasteiger partial charge on any atom is -0.387 e. The van der Waals surface area contributed by atoms with E-state index in [-0.39, 0.29) is 0 Å². The van der Waals surface area contributed by atoms with Gasteiger partial charge in [-0.25, -0.2) is 0 Å². The average Bonchev–Trinajstić information content (AvgIpc) is 2.15. The molecule has 0 saturated carbocycles. The number of aliphatic hydroxyl groups is 1. The van der Waals surface area contributed by atoms with Gasteiger partial charge in [-0.3, -0.25) is 0 Å². The first-order chi connectivity index (χ1) is 6.25. The van der Waals surface area contributed by atoms with Crippen molar-refractivity contribution in [2.45, 2.75) is 19.4 Å². The summed E-state index contributed by atoms with van der Waals surface area (Å²) in [4.78, 5) is 0. The van der Waals surface area contributed by atoms with Gasteiger partial charge in [-0.2, -0.15) is 0 Å².